The van der Waals surface area contributed by atoms with Crippen LogP contribution in [0.1, 0.15) is 33.6 Å². The summed E-state index contributed by atoms with van der Waals surface area (Å²) in [6, 6.07) is 0. The van der Waals surface area contributed by atoms with Crippen LogP contribution in [0, 0.1) is 11.8 Å². The first kappa shape index (κ1) is 21.1. The number of carbonyl (C=O) groups is 3. The minimum Gasteiger partial charge on any atom is -0.481 e. The first-order valence-corrected chi connectivity index (χ1v) is 7.84. The van der Waals surface area contributed by atoms with E-state index in [-0.39, 0.29) is 31.4 Å². The molecule has 132 valence electrons. The smallest absolute Gasteiger partial charge is 0.310 e. The number of hydrogen-bond donors (Lipinski definition) is 2. The summed E-state index contributed by atoms with van der Waals surface area (Å²) in [5.41, 5.74) is 0.471. The van der Waals surface area contributed by atoms with Crippen LogP contribution in [0.2, 0.25) is 0 Å². The molecule has 7 heteroatoms. The van der Waals surface area contributed by atoms with Gasteiger partial charge in [0, 0.05) is 32.3 Å². The number of aliphatic carboxylic acids is 1. The first-order chi connectivity index (χ1) is 10.9. The number of ether oxygens (including phenoxy) is 1. The zero-order valence-corrected chi connectivity index (χ0v) is 14.4. The van der Waals surface area contributed by atoms with E-state index in [0.717, 1.165) is 0 Å². The van der Waals surface area contributed by atoms with Gasteiger partial charge in [-0.15, -0.1) is 0 Å². The molecule has 0 aliphatic carbocycles. The van der Waals surface area contributed by atoms with Crippen molar-refractivity contribution in [2.45, 2.75) is 33.6 Å². The summed E-state index contributed by atoms with van der Waals surface area (Å²) < 4.78 is 5.34. The van der Waals surface area contributed by atoms with Crippen molar-refractivity contribution in [1.29, 1.82) is 0 Å². The van der Waals surface area contributed by atoms with Crippen LogP contribution >= 0.6 is 0 Å². The summed E-state index contributed by atoms with van der Waals surface area (Å²) >= 11 is 0. The van der Waals surface area contributed by atoms with Crippen molar-refractivity contribution in [3.63, 3.8) is 0 Å². The third-order valence-corrected chi connectivity index (χ3v) is 3.72. The van der Waals surface area contributed by atoms with E-state index in [2.05, 4.69) is 5.32 Å². The highest BCUT2D eigenvalue weighted by atomic mass is 16.5. The summed E-state index contributed by atoms with van der Waals surface area (Å²) in [6.45, 7) is 6.33. The zero-order valence-electron chi connectivity index (χ0n) is 14.4. The number of nitrogens with one attached hydrogen (secondary N) is 1. The van der Waals surface area contributed by atoms with Gasteiger partial charge in [0.2, 0.25) is 12.3 Å². The molecular weight excluding hydrogens is 300 g/mol. The SMILES string of the molecule is CCOC/C(=C\[C@@H](C(=O)O)C(C)CC)N(C=O)CCC(=O)NC. The molecule has 2 amide bonds. The lowest BCUT2D eigenvalue weighted by Gasteiger charge is -2.24. The fraction of sp³-hybridized carbons (Fsp3) is 0.688. The number of carboxylic acid groups (broad SMARTS) is 1. The van der Waals surface area contributed by atoms with Crippen molar-refractivity contribution < 1.29 is 24.2 Å². The lowest BCUT2D eigenvalue weighted by atomic mass is 9.91. The molecule has 1 unspecified atom stereocenters. The van der Waals surface area contributed by atoms with E-state index in [1.807, 2.05) is 20.8 Å². The summed E-state index contributed by atoms with van der Waals surface area (Å²) in [5.74, 6) is -1.91. The van der Waals surface area contributed by atoms with Crippen LogP contribution in [0.3, 0.4) is 0 Å². The highest BCUT2D eigenvalue weighted by molar-refractivity contribution is 5.76. The molecule has 0 heterocycles. The monoisotopic (exact) mass is 328 g/mol. The molecule has 0 aromatic carbocycles. The van der Waals surface area contributed by atoms with Crippen molar-refractivity contribution in [3.8, 4) is 0 Å². The predicted molar refractivity (Wildman–Crippen MR) is 86.6 cm³/mol. The van der Waals surface area contributed by atoms with Crippen LogP contribution in [0.4, 0.5) is 0 Å². The minimum atomic E-state index is -0.939. The Hall–Kier alpha value is -1.89. The quantitative estimate of drug-likeness (QED) is 0.526. The van der Waals surface area contributed by atoms with Crippen molar-refractivity contribution in [1.82, 2.24) is 10.2 Å². The maximum Gasteiger partial charge on any atom is 0.310 e. The number of nitrogens with zero attached hydrogens (tertiary/aromatic N) is 1. The number of carboxylic acids is 1. The lowest BCUT2D eigenvalue weighted by Crippen LogP contribution is -2.31. The van der Waals surface area contributed by atoms with Crippen molar-refractivity contribution in [2.24, 2.45) is 11.8 Å². The van der Waals surface area contributed by atoms with Crippen LogP contribution in [0.15, 0.2) is 11.8 Å². The molecule has 0 aromatic rings. The number of amides is 2. The normalized spacial score (nSPS) is 14.0. The standard InChI is InChI=1S/C16H28N2O5/c1-5-12(3)14(16(21)22)9-13(10-23-6-2)18(11-19)8-7-15(20)17-4/h9,11-12,14H,5-8,10H2,1-4H3,(H,17,20)(H,21,22)/b13-9+/t12?,14-/m1/s1. The molecule has 0 saturated heterocycles. The Morgan fingerprint density at radius 3 is 2.43 bits per heavy atom. The molecule has 0 radical (unpaired) electrons. The molecule has 0 aliphatic rings. The van der Waals surface area contributed by atoms with Gasteiger partial charge in [0.25, 0.3) is 0 Å². The Kier molecular flexibility index (Phi) is 10.7. The maximum absolute atomic E-state index is 11.5. The Morgan fingerprint density at radius 1 is 1.35 bits per heavy atom. The van der Waals surface area contributed by atoms with Crippen LogP contribution in [0.5, 0.6) is 0 Å². The van der Waals surface area contributed by atoms with Gasteiger partial charge in [0.15, 0.2) is 0 Å². The molecule has 0 aromatic heterocycles. The van der Waals surface area contributed by atoms with E-state index in [9.17, 15) is 19.5 Å². The largest absolute Gasteiger partial charge is 0.481 e. The third-order valence-electron chi connectivity index (χ3n) is 3.72. The van der Waals surface area contributed by atoms with Crippen LogP contribution in [0.25, 0.3) is 0 Å². The van der Waals surface area contributed by atoms with Crippen molar-refractivity contribution in [3.05, 3.63) is 11.8 Å². The van der Waals surface area contributed by atoms with Gasteiger partial charge in [-0.3, -0.25) is 14.4 Å². The molecule has 0 fully saturated rings. The zero-order chi connectivity index (χ0) is 17.8. The van der Waals surface area contributed by atoms with E-state index >= 15 is 0 Å². The van der Waals surface area contributed by atoms with E-state index in [1.54, 1.807) is 6.08 Å². The van der Waals surface area contributed by atoms with Gasteiger partial charge in [-0.1, -0.05) is 20.3 Å². The number of hydrogen-bond acceptors (Lipinski definition) is 4. The second-order valence-corrected chi connectivity index (χ2v) is 5.27. The Balaban J connectivity index is 5.33. The highest BCUT2D eigenvalue weighted by Gasteiger charge is 2.23. The average Bonchev–Trinajstić information content (AvgIpc) is 2.55. The molecule has 23 heavy (non-hydrogen) atoms. The molecular formula is C16H28N2O5. The molecule has 0 bridgehead atoms. The Labute approximate surface area is 137 Å². The second-order valence-electron chi connectivity index (χ2n) is 5.27. The summed E-state index contributed by atoms with van der Waals surface area (Å²) in [7, 11) is 1.52. The summed E-state index contributed by atoms with van der Waals surface area (Å²) in [4.78, 5) is 35.5. The maximum atomic E-state index is 11.5. The molecule has 2 N–H and O–H groups in total. The fourth-order valence-electron chi connectivity index (χ4n) is 1.98. The van der Waals surface area contributed by atoms with Crippen LogP contribution < -0.4 is 5.32 Å². The highest BCUT2D eigenvalue weighted by Crippen LogP contribution is 2.20. The van der Waals surface area contributed by atoms with E-state index in [0.29, 0.717) is 25.1 Å². The number of carbonyl (C=O) groups excluding carboxylic acids is 2. The Morgan fingerprint density at radius 2 is 2.00 bits per heavy atom. The molecule has 2 atom stereocenters. The van der Waals surface area contributed by atoms with Gasteiger partial charge >= 0.3 is 5.97 Å². The topological polar surface area (TPSA) is 95.9 Å². The Bertz CT molecular complexity index is 423. The van der Waals surface area contributed by atoms with Gasteiger partial charge in [-0.05, 0) is 18.9 Å². The third kappa shape index (κ3) is 7.78. The van der Waals surface area contributed by atoms with Gasteiger partial charge in [0.05, 0.1) is 12.5 Å². The van der Waals surface area contributed by atoms with E-state index in [4.69, 9.17) is 4.74 Å². The summed E-state index contributed by atoms with van der Waals surface area (Å²) in [6.07, 6.45) is 3.00. The molecule has 0 spiro atoms. The molecule has 7 nitrogen and oxygen atoms in total. The van der Waals surface area contributed by atoms with Crippen molar-refractivity contribution >= 4 is 18.3 Å². The van der Waals surface area contributed by atoms with Gasteiger partial charge in [-0.25, -0.2) is 0 Å². The van der Waals surface area contributed by atoms with E-state index in [1.165, 1.54) is 11.9 Å². The minimum absolute atomic E-state index is 0.0726. The average molecular weight is 328 g/mol. The van der Waals surface area contributed by atoms with Gasteiger partial charge < -0.3 is 20.1 Å². The first-order valence-electron chi connectivity index (χ1n) is 7.84. The van der Waals surface area contributed by atoms with Crippen molar-refractivity contribution in [2.75, 3.05) is 26.8 Å². The van der Waals surface area contributed by atoms with Crippen LogP contribution in [-0.2, 0) is 19.1 Å². The predicted octanol–water partition coefficient (Wildman–Crippen LogP) is 1.25. The van der Waals surface area contributed by atoms with E-state index < -0.39 is 11.9 Å². The molecule has 0 rings (SSSR count). The molecule has 0 saturated carbocycles. The summed E-state index contributed by atoms with van der Waals surface area (Å²) in [5, 5.41) is 11.9. The lowest BCUT2D eigenvalue weighted by molar-refractivity contribution is -0.141. The second kappa shape index (κ2) is 11.6. The van der Waals surface area contributed by atoms with Gasteiger partial charge in [-0.2, -0.15) is 0 Å². The number of rotatable bonds is 12. The van der Waals surface area contributed by atoms with Crippen LogP contribution in [-0.4, -0.2) is 55.1 Å². The fourth-order valence-corrected chi connectivity index (χ4v) is 1.98. The molecule has 0 aliphatic heterocycles. The van der Waals surface area contributed by atoms with Gasteiger partial charge in [0.1, 0.15) is 0 Å².